The Hall–Kier alpha value is -6.59. The molecule has 1 atom stereocenters. The maximum absolute atomic E-state index is 6.19. The summed E-state index contributed by atoms with van der Waals surface area (Å²) < 4.78 is 6.19. The zero-order chi connectivity index (χ0) is 32.3. The van der Waals surface area contributed by atoms with E-state index in [1.165, 1.54) is 16.2 Å². The Morgan fingerprint density at radius 1 is 0.531 bits per heavy atom. The Balaban J connectivity index is 1.10. The molecule has 0 radical (unpaired) electrons. The molecule has 10 rings (SSSR count). The molecule has 0 aliphatic carbocycles. The zero-order valence-corrected chi connectivity index (χ0v) is 26.3. The third kappa shape index (κ3) is 4.67. The molecule has 0 saturated heterocycles. The highest BCUT2D eigenvalue weighted by atomic mass is 16.3. The van der Waals surface area contributed by atoms with Crippen molar-refractivity contribution >= 4 is 65.9 Å². The Labute approximate surface area is 281 Å². The number of amidine groups is 2. The van der Waals surface area contributed by atoms with Crippen LogP contribution in [0.15, 0.2) is 172 Å². The van der Waals surface area contributed by atoms with E-state index in [-0.39, 0.29) is 6.17 Å². The number of hydrogen-bond donors (Lipinski definition) is 1. The molecule has 1 aliphatic rings. The van der Waals surface area contributed by atoms with E-state index in [2.05, 4.69) is 133 Å². The van der Waals surface area contributed by atoms with Crippen molar-refractivity contribution in [3.05, 3.63) is 175 Å². The number of hydrogen-bond acceptors (Lipinski definition) is 5. The van der Waals surface area contributed by atoms with Crippen molar-refractivity contribution in [2.24, 2.45) is 9.98 Å². The van der Waals surface area contributed by atoms with Gasteiger partial charge in [-0.1, -0.05) is 121 Å². The minimum atomic E-state index is -0.309. The van der Waals surface area contributed by atoms with E-state index in [0.29, 0.717) is 5.84 Å². The van der Waals surface area contributed by atoms with Gasteiger partial charge in [0.1, 0.15) is 23.2 Å². The lowest BCUT2D eigenvalue weighted by Crippen LogP contribution is -2.33. The number of pyridine rings is 1. The predicted octanol–water partition coefficient (Wildman–Crippen LogP) is 10.6. The van der Waals surface area contributed by atoms with E-state index in [1.807, 2.05) is 30.5 Å². The van der Waals surface area contributed by atoms with Crippen molar-refractivity contribution in [1.29, 1.82) is 0 Å². The molecule has 0 spiro atoms. The van der Waals surface area contributed by atoms with Gasteiger partial charge in [-0.3, -0.25) is 4.98 Å². The largest absolute Gasteiger partial charge is 0.456 e. The van der Waals surface area contributed by atoms with Gasteiger partial charge in [-0.2, -0.15) is 0 Å². The Morgan fingerprint density at radius 3 is 2.12 bits per heavy atom. The molecule has 0 bridgehead atoms. The number of fused-ring (bicyclic) bond motifs is 6. The molecule has 230 valence electrons. The van der Waals surface area contributed by atoms with E-state index in [1.54, 1.807) is 0 Å². The van der Waals surface area contributed by atoms with Crippen molar-refractivity contribution in [3.8, 4) is 11.3 Å². The van der Waals surface area contributed by atoms with Crippen molar-refractivity contribution < 1.29 is 4.42 Å². The van der Waals surface area contributed by atoms with Gasteiger partial charge in [0.05, 0.1) is 11.1 Å². The Kier molecular flexibility index (Phi) is 6.18. The summed E-state index contributed by atoms with van der Waals surface area (Å²) in [5.41, 5.74) is 6.73. The molecule has 1 aliphatic heterocycles. The first-order chi connectivity index (χ1) is 24.2. The predicted molar refractivity (Wildman–Crippen MR) is 201 cm³/mol. The van der Waals surface area contributed by atoms with E-state index in [9.17, 15) is 0 Å². The van der Waals surface area contributed by atoms with Gasteiger partial charge in [0.2, 0.25) is 0 Å². The van der Waals surface area contributed by atoms with Gasteiger partial charge >= 0.3 is 0 Å². The second-order valence-electron chi connectivity index (χ2n) is 12.5. The summed E-state index contributed by atoms with van der Waals surface area (Å²) in [6.45, 7) is 0. The number of furan rings is 1. The van der Waals surface area contributed by atoms with Crippen LogP contribution in [0.25, 0.3) is 65.5 Å². The van der Waals surface area contributed by atoms with Crippen molar-refractivity contribution in [2.45, 2.75) is 6.17 Å². The van der Waals surface area contributed by atoms with E-state index in [4.69, 9.17) is 19.4 Å². The fraction of sp³-hybridized carbons (Fsp3) is 0.0227. The third-order valence-corrected chi connectivity index (χ3v) is 9.54. The standard InChI is InChI=1S/C44H28N4O/c1-3-10-29-24-32(18-16-27(29)8-1)42-46-43(33-19-17-28-9-2-4-11-30(28)25-33)48-44(47-42)34-20-21-35-31(26-34)12-7-14-36(35)41-40-37-13-5-6-15-38(37)49-39(40)22-23-45-41/h1-26,42H,(H,46,47,48). The van der Waals surface area contributed by atoms with E-state index >= 15 is 0 Å². The van der Waals surface area contributed by atoms with Crippen LogP contribution in [0.1, 0.15) is 22.9 Å². The molecular weight excluding hydrogens is 601 g/mol. The lowest BCUT2D eigenvalue weighted by molar-refractivity contribution is 0.668. The van der Waals surface area contributed by atoms with Crippen LogP contribution in [0, 0.1) is 0 Å². The highest BCUT2D eigenvalue weighted by Crippen LogP contribution is 2.38. The summed E-state index contributed by atoms with van der Waals surface area (Å²) in [6.07, 6.45) is 1.52. The van der Waals surface area contributed by atoms with Gasteiger partial charge in [-0.05, 0) is 68.2 Å². The summed E-state index contributed by atoms with van der Waals surface area (Å²) in [5.74, 6) is 1.49. The van der Waals surface area contributed by atoms with E-state index < -0.39 is 0 Å². The van der Waals surface area contributed by atoms with Gasteiger partial charge in [0.15, 0.2) is 5.84 Å². The average Bonchev–Trinajstić information content (AvgIpc) is 3.56. The molecule has 7 aromatic carbocycles. The van der Waals surface area contributed by atoms with Crippen LogP contribution in [0.4, 0.5) is 0 Å². The summed E-state index contributed by atoms with van der Waals surface area (Å²) in [6, 6.07) is 52.8. The van der Waals surface area contributed by atoms with E-state index in [0.717, 1.165) is 71.9 Å². The maximum Gasteiger partial charge on any atom is 0.159 e. The quantitative estimate of drug-likeness (QED) is 0.211. The molecule has 2 aromatic heterocycles. The monoisotopic (exact) mass is 628 g/mol. The van der Waals surface area contributed by atoms with Gasteiger partial charge in [0.25, 0.3) is 0 Å². The number of para-hydroxylation sites is 1. The molecule has 0 fully saturated rings. The summed E-state index contributed by atoms with van der Waals surface area (Å²) in [7, 11) is 0. The molecule has 9 aromatic rings. The van der Waals surface area contributed by atoms with Gasteiger partial charge in [-0.15, -0.1) is 0 Å². The molecule has 1 N–H and O–H groups in total. The number of nitrogens with zero attached hydrogens (tertiary/aromatic N) is 3. The van der Waals surface area contributed by atoms with Crippen LogP contribution in [0.2, 0.25) is 0 Å². The van der Waals surface area contributed by atoms with Crippen LogP contribution in [0.5, 0.6) is 0 Å². The number of rotatable bonds is 4. The first-order valence-electron chi connectivity index (χ1n) is 16.5. The molecule has 0 amide bonds. The van der Waals surface area contributed by atoms with Crippen molar-refractivity contribution in [1.82, 2.24) is 10.3 Å². The molecule has 1 unspecified atom stereocenters. The lowest BCUT2D eigenvalue weighted by atomic mass is 9.97. The van der Waals surface area contributed by atoms with Crippen molar-refractivity contribution in [3.63, 3.8) is 0 Å². The third-order valence-electron chi connectivity index (χ3n) is 9.54. The van der Waals surface area contributed by atoms with Gasteiger partial charge in [0, 0.05) is 28.3 Å². The zero-order valence-electron chi connectivity index (χ0n) is 26.3. The molecule has 5 heteroatoms. The minimum Gasteiger partial charge on any atom is -0.456 e. The molecule has 5 nitrogen and oxygen atoms in total. The van der Waals surface area contributed by atoms with Crippen LogP contribution < -0.4 is 5.32 Å². The molecular formula is C44H28N4O. The smallest absolute Gasteiger partial charge is 0.159 e. The number of benzene rings is 7. The second-order valence-corrected chi connectivity index (χ2v) is 12.5. The molecule has 3 heterocycles. The first-order valence-corrected chi connectivity index (χ1v) is 16.5. The van der Waals surface area contributed by atoms with Gasteiger partial charge < -0.3 is 9.73 Å². The maximum atomic E-state index is 6.19. The second kappa shape index (κ2) is 11.0. The van der Waals surface area contributed by atoms with Crippen LogP contribution in [-0.4, -0.2) is 16.7 Å². The number of aromatic nitrogens is 1. The summed E-state index contributed by atoms with van der Waals surface area (Å²) in [5, 5.41) is 12.7. The fourth-order valence-corrected chi connectivity index (χ4v) is 7.11. The SMILES string of the molecule is c1ccc2cc(C3=NC(c4ccc5ccccc5c4)NC(c4ccc5c(-c6nccc7oc8ccccc8c67)cccc5c4)=N3)ccc2c1. The molecule has 0 saturated carbocycles. The lowest BCUT2D eigenvalue weighted by Gasteiger charge is -2.24. The molecule has 49 heavy (non-hydrogen) atoms. The average molecular weight is 629 g/mol. The topological polar surface area (TPSA) is 62.8 Å². The van der Waals surface area contributed by atoms with Crippen molar-refractivity contribution in [2.75, 3.05) is 0 Å². The fourth-order valence-electron chi connectivity index (χ4n) is 7.11. The minimum absolute atomic E-state index is 0.309. The Bertz CT molecular complexity index is 2830. The first kappa shape index (κ1) is 27.5. The number of nitrogens with one attached hydrogen (secondary N) is 1. The van der Waals surface area contributed by atoms with Crippen LogP contribution >= 0.6 is 0 Å². The highest BCUT2D eigenvalue weighted by Gasteiger charge is 2.22. The van der Waals surface area contributed by atoms with Gasteiger partial charge in [-0.25, -0.2) is 9.98 Å². The Morgan fingerprint density at radius 2 is 1.24 bits per heavy atom. The van der Waals surface area contributed by atoms with Crippen LogP contribution in [0.3, 0.4) is 0 Å². The number of aliphatic imine (C=N–C) groups is 2. The summed E-state index contributed by atoms with van der Waals surface area (Å²) >= 11 is 0. The summed E-state index contributed by atoms with van der Waals surface area (Å²) in [4.78, 5) is 15.2. The highest BCUT2D eigenvalue weighted by molar-refractivity contribution is 6.17. The normalized spacial score (nSPS) is 14.7. The van der Waals surface area contributed by atoms with Crippen LogP contribution in [-0.2, 0) is 0 Å².